The molecule has 1 saturated carbocycles. The van der Waals surface area contributed by atoms with Crippen LogP contribution in [0, 0.1) is 11.8 Å². The zero-order chi connectivity index (χ0) is 28.0. The molecule has 40 heavy (non-hydrogen) atoms. The number of hydrogen-bond donors (Lipinski definition) is 1. The summed E-state index contributed by atoms with van der Waals surface area (Å²) in [6, 6.07) is 8.28. The lowest BCUT2D eigenvalue weighted by Gasteiger charge is -2.23. The predicted molar refractivity (Wildman–Crippen MR) is 148 cm³/mol. The maximum absolute atomic E-state index is 13.8. The van der Waals surface area contributed by atoms with E-state index in [1.165, 1.54) is 18.5 Å². The van der Waals surface area contributed by atoms with E-state index in [1.54, 1.807) is 46.2 Å². The molecule has 0 aliphatic heterocycles. The van der Waals surface area contributed by atoms with Crippen molar-refractivity contribution < 1.29 is 13.6 Å². The Bertz CT molecular complexity index is 1840. The fourth-order valence-corrected chi connectivity index (χ4v) is 4.90. The summed E-state index contributed by atoms with van der Waals surface area (Å²) in [6.45, 7) is 0.283. The first-order chi connectivity index (χ1) is 19.3. The Labute approximate surface area is 232 Å². The van der Waals surface area contributed by atoms with Gasteiger partial charge in [-0.2, -0.15) is 5.10 Å². The number of benzene rings is 1. The number of halogens is 3. The molecule has 1 aliphatic carbocycles. The third kappa shape index (κ3) is 4.80. The zero-order valence-electron chi connectivity index (χ0n) is 21.3. The van der Waals surface area contributed by atoms with Crippen LogP contribution in [-0.4, -0.2) is 41.6 Å². The number of anilines is 1. The van der Waals surface area contributed by atoms with Crippen LogP contribution >= 0.6 is 11.6 Å². The van der Waals surface area contributed by atoms with Gasteiger partial charge in [0.2, 0.25) is 0 Å². The molecule has 0 saturated heterocycles. The van der Waals surface area contributed by atoms with Crippen molar-refractivity contribution in [2.75, 3.05) is 5.73 Å². The first-order valence-corrected chi connectivity index (χ1v) is 12.9. The molecule has 0 spiro atoms. The van der Waals surface area contributed by atoms with E-state index < -0.39 is 6.43 Å². The highest BCUT2D eigenvalue weighted by molar-refractivity contribution is 6.35. The van der Waals surface area contributed by atoms with E-state index in [0.29, 0.717) is 33.5 Å². The fourth-order valence-electron chi connectivity index (χ4n) is 4.66. The maximum atomic E-state index is 13.8. The summed E-state index contributed by atoms with van der Waals surface area (Å²) in [5, 5.41) is 6.02. The van der Waals surface area contributed by atoms with E-state index in [9.17, 15) is 13.6 Å². The number of nitrogens with zero attached hydrogens (tertiary/aromatic N) is 6. The van der Waals surface area contributed by atoms with Crippen LogP contribution < -0.4 is 5.73 Å². The first-order valence-electron chi connectivity index (χ1n) is 12.5. The van der Waals surface area contributed by atoms with Crippen LogP contribution in [0.1, 0.15) is 52.0 Å². The number of aryl methyl sites for hydroxylation is 1. The topological polar surface area (TPSA) is 103 Å². The molecular weight excluding hydrogens is 536 g/mol. The van der Waals surface area contributed by atoms with Crippen LogP contribution in [0.5, 0.6) is 0 Å². The quantitative estimate of drug-likeness (QED) is 0.295. The van der Waals surface area contributed by atoms with Crippen LogP contribution in [-0.2, 0) is 13.6 Å². The second-order valence-corrected chi connectivity index (χ2v) is 10.00. The normalized spacial score (nSPS) is 13.0. The molecule has 5 aromatic rings. The van der Waals surface area contributed by atoms with Gasteiger partial charge in [0.15, 0.2) is 0 Å². The first kappa shape index (κ1) is 25.6. The number of fused-ring (bicyclic) bond motifs is 3. The summed E-state index contributed by atoms with van der Waals surface area (Å²) < 4.78 is 28.1. The molecule has 0 bridgehead atoms. The van der Waals surface area contributed by atoms with Gasteiger partial charge >= 0.3 is 0 Å². The molecule has 2 N–H and O–H groups in total. The van der Waals surface area contributed by atoms with Crippen LogP contribution in [0.15, 0.2) is 55.1 Å². The van der Waals surface area contributed by atoms with Gasteiger partial charge in [-0.3, -0.25) is 19.4 Å². The van der Waals surface area contributed by atoms with Gasteiger partial charge in [-0.25, -0.2) is 13.8 Å². The molecule has 0 unspecified atom stereocenters. The van der Waals surface area contributed by atoms with Gasteiger partial charge in [0.05, 0.1) is 51.0 Å². The molecular formula is C29H22ClF2N7O. The highest BCUT2D eigenvalue weighted by Gasteiger charge is 2.34. The van der Waals surface area contributed by atoms with Crippen LogP contribution in [0.25, 0.3) is 21.8 Å². The number of carbonyl (C=O) groups is 1. The van der Waals surface area contributed by atoms with Gasteiger partial charge in [-0.1, -0.05) is 23.4 Å². The Balaban J connectivity index is 1.27. The number of nitrogen functional groups attached to an aromatic ring is 1. The fraction of sp³-hybridized carbons (Fsp3) is 0.207. The van der Waals surface area contributed by atoms with E-state index in [4.69, 9.17) is 17.3 Å². The number of rotatable bonds is 5. The number of carbonyl (C=O) groups excluding carboxylic acids is 1. The smallest absolute Gasteiger partial charge is 0.265 e. The summed E-state index contributed by atoms with van der Waals surface area (Å²) in [4.78, 5) is 28.4. The Morgan fingerprint density at radius 1 is 1.18 bits per heavy atom. The average molecular weight is 558 g/mol. The number of aromatic nitrogens is 5. The summed E-state index contributed by atoms with van der Waals surface area (Å²) >= 11 is 6.59. The van der Waals surface area contributed by atoms with Gasteiger partial charge in [-0.05, 0) is 43.2 Å². The highest BCUT2D eigenvalue weighted by atomic mass is 35.5. The number of amides is 1. The summed E-state index contributed by atoms with van der Waals surface area (Å²) in [7, 11) is 1.81. The number of pyridine rings is 3. The Morgan fingerprint density at radius 3 is 2.73 bits per heavy atom. The number of nitrogens with two attached hydrogens (primary N) is 1. The lowest BCUT2D eigenvalue weighted by Crippen LogP contribution is -2.33. The minimum Gasteiger partial charge on any atom is -0.383 e. The Kier molecular flexibility index (Phi) is 6.52. The Hall–Kier alpha value is -4.62. The van der Waals surface area contributed by atoms with Crippen molar-refractivity contribution in [3.63, 3.8) is 0 Å². The molecule has 11 heteroatoms. The van der Waals surface area contributed by atoms with Crippen molar-refractivity contribution in [2.45, 2.75) is 31.9 Å². The van der Waals surface area contributed by atoms with Gasteiger partial charge in [-0.15, -0.1) is 0 Å². The van der Waals surface area contributed by atoms with E-state index in [0.717, 1.165) is 23.7 Å². The second kappa shape index (κ2) is 10.2. The monoisotopic (exact) mass is 557 g/mol. The van der Waals surface area contributed by atoms with Crippen molar-refractivity contribution in [2.24, 2.45) is 7.05 Å². The minimum atomic E-state index is -2.64. The number of hydrogen-bond acceptors (Lipinski definition) is 6. The van der Waals surface area contributed by atoms with Crippen LogP contribution in [0.4, 0.5) is 14.6 Å². The number of alkyl halides is 2. The zero-order valence-corrected chi connectivity index (χ0v) is 22.0. The molecule has 1 fully saturated rings. The molecule has 200 valence electrons. The molecule has 1 amide bonds. The summed E-state index contributed by atoms with van der Waals surface area (Å²) in [5.41, 5.74) is 9.06. The third-order valence-electron chi connectivity index (χ3n) is 6.86. The largest absolute Gasteiger partial charge is 0.383 e. The molecule has 8 nitrogen and oxygen atoms in total. The SMILES string of the molecule is Cn1ncc2c(N)nc3cc(Cl)c(C(=O)N(Cc4ccc(C#Cc5cnccc5C(F)F)cn4)C4CC4)cc3c21. The van der Waals surface area contributed by atoms with Crippen molar-refractivity contribution in [3.8, 4) is 11.8 Å². The predicted octanol–water partition coefficient (Wildman–Crippen LogP) is 5.29. The van der Waals surface area contributed by atoms with Crippen molar-refractivity contribution in [1.82, 2.24) is 29.6 Å². The van der Waals surface area contributed by atoms with Gasteiger partial charge in [0, 0.05) is 48.2 Å². The maximum Gasteiger partial charge on any atom is 0.265 e. The van der Waals surface area contributed by atoms with Crippen molar-refractivity contribution in [1.29, 1.82) is 0 Å². The van der Waals surface area contributed by atoms with E-state index >= 15 is 0 Å². The lowest BCUT2D eigenvalue weighted by atomic mass is 10.1. The summed E-state index contributed by atoms with van der Waals surface area (Å²) in [6.07, 6.45) is 4.99. The minimum absolute atomic E-state index is 0.0835. The van der Waals surface area contributed by atoms with E-state index in [2.05, 4.69) is 31.9 Å². The highest BCUT2D eigenvalue weighted by Crippen LogP contribution is 2.35. The average Bonchev–Trinajstić information content (AvgIpc) is 3.71. The van der Waals surface area contributed by atoms with Crippen LogP contribution in [0.3, 0.4) is 0 Å². The molecule has 1 aromatic carbocycles. The molecule has 4 heterocycles. The van der Waals surface area contributed by atoms with E-state index in [1.807, 2.05) is 7.05 Å². The van der Waals surface area contributed by atoms with E-state index in [-0.39, 0.29) is 34.6 Å². The molecule has 4 aromatic heterocycles. The van der Waals surface area contributed by atoms with Gasteiger partial charge in [0.25, 0.3) is 12.3 Å². The standard InChI is InChI=1S/C29H22ClF2N7O/c1-38-26-22-10-21(24(30)11-25(22)37-28(33)23(26)14-36-38)29(40)39(19-6-7-19)15-18-5-3-16(12-35-18)2-4-17-13-34-9-8-20(17)27(31)32/h3,5,8-14,19,27H,6-7,15H2,1H3,(H2,33,37). The van der Waals surface area contributed by atoms with Crippen LogP contribution in [0.2, 0.25) is 5.02 Å². The second-order valence-electron chi connectivity index (χ2n) is 9.59. The van der Waals surface area contributed by atoms with Crippen molar-refractivity contribution in [3.05, 3.63) is 88.1 Å². The third-order valence-corrected chi connectivity index (χ3v) is 7.18. The molecule has 0 atom stereocenters. The lowest BCUT2D eigenvalue weighted by molar-refractivity contribution is 0.0728. The van der Waals surface area contributed by atoms with Gasteiger partial charge in [0.1, 0.15) is 5.82 Å². The van der Waals surface area contributed by atoms with Gasteiger partial charge < -0.3 is 10.6 Å². The Morgan fingerprint density at radius 2 is 2.00 bits per heavy atom. The van der Waals surface area contributed by atoms with Crippen molar-refractivity contribution >= 4 is 45.1 Å². The summed E-state index contributed by atoms with van der Waals surface area (Å²) in [5.74, 6) is 5.75. The molecule has 0 radical (unpaired) electrons. The molecule has 1 aliphatic rings. The molecule has 6 rings (SSSR count).